The van der Waals surface area contributed by atoms with Crippen molar-refractivity contribution in [3.8, 4) is 28.1 Å². The van der Waals surface area contributed by atoms with E-state index in [4.69, 9.17) is 27.9 Å². The van der Waals surface area contributed by atoms with Crippen LogP contribution in [-0.2, 0) is 7.05 Å². The van der Waals surface area contributed by atoms with E-state index in [1.54, 1.807) is 19.2 Å². The van der Waals surface area contributed by atoms with Crippen molar-refractivity contribution in [3.05, 3.63) is 64.3 Å². The molecule has 0 atom stereocenters. The first-order chi connectivity index (χ1) is 15.0. The number of carbonyl (C=O) groups excluding carboxylic acids is 1. The Morgan fingerprint density at radius 1 is 0.968 bits per heavy atom. The average Bonchev–Trinajstić information content (AvgIpc) is 3.11. The fraction of sp³-hybridized carbons (Fsp3) is 0.292. The maximum atomic E-state index is 13.2. The molecule has 0 unspecified atom stereocenters. The third kappa shape index (κ3) is 4.59. The largest absolute Gasteiger partial charge is 0.497 e. The number of hydrogen-bond donors (Lipinski definition) is 1. The first kappa shape index (κ1) is 21.8. The van der Waals surface area contributed by atoms with Crippen molar-refractivity contribution in [2.45, 2.75) is 19.3 Å². The minimum Gasteiger partial charge on any atom is -0.497 e. The summed E-state index contributed by atoms with van der Waals surface area (Å²) in [7, 11) is 3.54. The van der Waals surface area contributed by atoms with Crippen LogP contribution in [0.4, 0.5) is 0 Å². The van der Waals surface area contributed by atoms with Gasteiger partial charge in [-0.3, -0.25) is 10.2 Å². The number of benzene rings is 2. The molecule has 0 bridgehead atoms. The van der Waals surface area contributed by atoms with E-state index in [2.05, 4.69) is 5.43 Å². The molecule has 2 heterocycles. The number of methoxy groups -OCH3 is 1. The molecule has 0 spiro atoms. The summed E-state index contributed by atoms with van der Waals surface area (Å²) in [6.07, 6.45) is 3.39. The van der Waals surface area contributed by atoms with E-state index < -0.39 is 0 Å². The summed E-state index contributed by atoms with van der Waals surface area (Å²) in [5.41, 5.74) is 7.18. The van der Waals surface area contributed by atoms with E-state index in [0.717, 1.165) is 54.1 Å². The lowest BCUT2D eigenvalue weighted by molar-refractivity contribution is 0.0741. The minimum absolute atomic E-state index is 0.129. The van der Waals surface area contributed by atoms with Crippen molar-refractivity contribution in [2.24, 2.45) is 7.05 Å². The summed E-state index contributed by atoms with van der Waals surface area (Å²) in [5.74, 6) is 0.641. The molecule has 1 aliphatic heterocycles. The summed E-state index contributed by atoms with van der Waals surface area (Å²) in [6, 6.07) is 15.1. The van der Waals surface area contributed by atoms with Crippen LogP contribution in [0.3, 0.4) is 0 Å². The van der Waals surface area contributed by atoms with Gasteiger partial charge in [-0.15, -0.1) is 0 Å². The number of amides is 1. The SMILES string of the molecule is COc1ccc(-c2c(-c3ccc(Cl)cc3Cl)cc(C(=O)NN3CCCCC3)n2C)cc1. The van der Waals surface area contributed by atoms with Crippen molar-refractivity contribution >= 4 is 29.1 Å². The summed E-state index contributed by atoms with van der Waals surface area (Å²) < 4.78 is 7.22. The Balaban J connectivity index is 1.79. The van der Waals surface area contributed by atoms with Crippen LogP contribution in [0.15, 0.2) is 48.5 Å². The molecule has 7 heteroatoms. The lowest BCUT2D eigenvalue weighted by Gasteiger charge is -2.26. The van der Waals surface area contributed by atoms with Gasteiger partial charge in [0.1, 0.15) is 11.4 Å². The fourth-order valence-electron chi connectivity index (χ4n) is 4.04. The van der Waals surface area contributed by atoms with E-state index in [-0.39, 0.29) is 5.91 Å². The summed E-state index contributed by atoms with van der Waals surface area (Å²) in [6.45, 7) is 1.74. The highest BCUT2D eigenvalue weighted by molar-refractivity contribution is 6.36. The molecule has 0 saturated carbocycles. The van der Waals surface area contributed by atoms with Crippen molar-refractivity contribution in [2.75, 3.05) is 20.2 Å². The van der Waals surface area contributed by atoms with Gasteiger partial charge >= 0.3 is 0 Å². The maximum Gasteiger partial charge on any atom is 0.282 e. The topological polar surface area (TPSA) is 46.5 Å². The predicted molar refractivity (Wildman–Crippen MR) is 126 cm³/mol. The van der Waals surface area contributed by atoms with Crippen molar-refractivity contribution in [1.82, 2.24) is 15.0 Å². The number of ether oxygens (including phenoxy) is 1. The van der Waals surface area contributed by atoms with E-state index in [1.165, 1.54) is 6.42 Å². The number of nitrogens with zero attached hydrogens (tertiary/aromatic N) is 2. The fourth-order valence-corrected chi connectivity index (χ4v) is 4.55. The van der Waals surface area contributed by atoms with Crippen LogP contribution in [0, 0.1) is 0 Å². The minimum atomic E-state index is -0.129. The molecular weight excluding hydrogens is 433 g/mol. The third-order valence-electron chi connectivity index (χ3n) is 5.67. The highest BCUT2D eigenvalue weighted by Crippen LogP contribution is 2.39. The number of hydrazine groups is 1. The Kier molecular flexibility index (Phi) is 6.56. The summed E-state index contributed by atoms with van der Waals surface area (Å²) in [5, 5.41) is 3.11. The van der Waals surface area contributed by atoms with E-state index >= 15 is 0 Å². The van der Waals surface area contributed by atoms with Crippen LogP contribution in [-0.4, -0.2) is 35.7 Å². The number of aromatic nitrogens is 1. The molecule has 1 aliphatic rings. The van der Waals surface area contributed by atoms with Crippen LogP contribution in [0.2, 0.25) is 10.0 Å². The summed E-state index contributed by atoms with van der Waals surface area (Å²) >= 11 is 12.7. The lowest BCUT2D eigenvalue weighted by atomic mass is 10.0. The van der Waals surface area contributed by atoms with Crippen molar-refractivity contribution in [3.63, 3.8) is 0 Å². The molecule has 4 rings (SSSR count). The Hall–Kier alpha value is -2.47. The number of piperidine rings is 1. The van der Waals surface area contributed by atoms with Crippen LogP contribution in [0.25, 0.3) is 22.4 Å². The van der Waals surface area contributed by atoms with Crippen molar-refractivity contribution < 1.29 is 9.53 Å². The van der Waals surface area contributed by atoms with Crippen molar-refractivity contribution in [1.29, 1.82) is 0 Å². The van der Waals surface area contributed by atoms with Crippen LogP contribution < -0.4 is 10.2 Å². The van der Waals surface area contributed by atoms with Gasteiger partial charge in [-0.05, 0) is 60.9 Å². The molecule has 3 aromatic rings. The molecule has 1 fully saturated rings. The monoisotopic (exact) mass is 457 g/mol. The third-order valence-corrected chi connectivity index (χ3v) is 6.21. The smallest absolute Gasteiger partial charge is 0.282 e. The molecule has 5 nitrogen and oxygen atoms in total. The second kappa shape index (κ2) is 9.35. The normalized spacial score (nSPS) is 14.5. The Morgan fingerprint density at radius 3 is 2.32 bits per heavy atom. The standard InChI is InChI=1S/C24H25Cl2N3O2/c1-28-22(24(30)27-29-12-4-3-5-13-29)15-20(19-11-8-17(25)14-21(19)26)23(28)16-6-9-18(31-2)10-7-16/h6-11,14-15H,3-5,12-13H2,1-2H3,(H,27,30). The zero-order chi connectivity index (χ0) is 22.0. The van der Waals surface area contributed by atoms with Crippen LogP contribution in [0.1, 0.15) is 29.8 Å². The molecule has 1 N–H and O–H groups in total. The Morgan fingerprint density at radius 2 is 1.68 bits per heavy atom. The molecule has 1 saturated heterocycles. The second-order valence-corrected chi connectivity index (χ2v) is 8.54. The molecular formula is C24H25Cl2N3O2. The quantitative estimate of drug-likeness (QED) is 0.525. The van der Waals surface area contributed by atoms with Gasteiger partial charge in [0, 0.05) is 41.3 Å². The molecule has 0 radical (unpaired) electrons. The zero-order valence-electron chi connectivity index (χ0n) is 17.6. The highest BCUT2D eigenvalue weighted by atomic mass is 35.5. The first-order valence-electron chi connectivity index (χ1n) is 10.3. The number of rotatable bonds is 5. The van der Waals surface area contributed by atoms with Gasteiger partial charge in [0.15, 0.2) is 0 Å². The second-order valence-electron chi connectivity index (χ2n) is 7.69. The highest BCUT2D eigenvalue weighted by Gasteiger charge is 2.23. The number of hydrogen-bond acceptors (Lipinski definition) is 3. The molecule has 2 aromatic carbocycles. The first-order valence-corrected chi connectivity index (χ1v) is 11.1. The molecule has 0 aliphatic carbocycles. The zero-order valence-corrected chi connectivity index (χ0v) is 19.1. The predicted octanol–water partition coefficient (Wildman–Crippen LogP) is 5.81. The number of halogens is 2. The van der Waals surface area contributed by atoms with Gasteiger partial charge in [-0.1, -0.05) is 35.7 Å². The summed E-state index contributed by atoms with van der Waals surface area (Å²) in [4.78, 5) is 13.2. The van der Waals surface area contributed by atoms with Gasteiger partial charge in [0.05, 0.1) is 12.8 Å². The van der Waals surface area contributed by atoms with E-state index in [1.807, 2.05) is 53.0 Å². The van der Waals surface area contributed by atoms with Gasteiger partial charge in [0.25, 0.3) is 5.91 Å². The Bertz CT molecular complexity index is 1090. The van der Waals surface area contributed by atoms with Gasteiger partial charge in [-0.25, -0.2) is 5.01 Å². The van der Waals surface area contributed by atoms with E-state index in [0.29, 0.717) is 15.7 Å². The number of carbonyl (C=O) groups is 1. The van der Waals surface area contributed by atoms with Gasteiger partial charge < -0.3 is 9.30 Å². The van der Waals surface area contributed by atoms with Gasteiger partial charge in [-0.2, -0.15) is 0 Å². The molecule has 1 aromatic heterocycles. The maximum absolute atomic E-state index is 13.2. The lowest BCUT2D eigenvalue weighted by Crippen LogP contribution is -2.45. The van der Waals surface area contributed by atoms with Crippen LogP contribution in [0.5, 0.6) is 5.75 Å². The molecule has 162 valence electrons. The van der Waals surface area contributed by atoms with Gasteiger partial charge in [0.2, 0.25) is 0 Å². The average molecular weight is 458 g/mol. The van der Waals surface area contributed by atoms with Crippen LogP contribution >= 0.6 is 23.2 Å². The van der Waals surface area contributed by atoms with E-state index in [9.17, 15) is 4.79 Å². The molecule has 31 heavy (non-hydrogen) atoms. The molecule has 1 amide bonds. The number of nitrogens with one attached hydrogen (secondary N) is 1. The Labute approximate surface area is 192 Å².